The number of hydrogen-bond donors (Lipinski definition) is 1. The van der Waals surface area contributed by atoms with Crippen molar-refractivity contribution in [3.63, 3.8) is 0 Å². The number of carbonyl (C=O) groups is 2. The van der Waals surface area contributed by atoms with Crippen LogP contribution >= 0.6 is 15.9 Å². The van der Waals surface area contributed by atoms with Crippen LogP contribution in [0.4, 0.5) is 5.69 Å². The maximum Gasteiger partial charge on any atom is 0.249 e. The summed E-state index contributed by atoms with van der Waals surface area (Å²) >= 11 is 3.54. The summed E-state index contributed by atoms with van der Waals surface area (Å²) in [5.41, 5.74) is 1.92. The lowest BCUT2D eigenvalue weighted by molar-refractivity contribution is -0.125. The quantitative estimate of drug-likeness (QED) is 0.921. The highest BCUT2D eigenvalue weighted by molar-refractivity contribution is 9.10. The van der Waals surface area contributed by atoms with Gasteiger partial charge in [-0.25, -0.2) is 0 Å². The molecule has 0 aromatic heterocycles. The molecule has 1 aromatic rings. The molecule has 1 aromatic carbocycles. The van der Waals surface area contributed by atoms with Crippen LogP contribution in [0.3, 0.4) is 0 Å². The second kappa shape index (κ2) is 6.39. The smallest absolute Gasteiger partial charge is 0.249 e. The lowest BCUT2D eigenvalue weighted by atomic mass is 10.1. The SMILES string of the molecule is CCCC1NC(=O)CCN(c2cccc(C)c2Br)C1=O. The van der Waals surface area contributed by atoms with E-state index in [9.17, 15) is 9.59 Å². The normalized spacial score (nSPS) is 19.8. The number of amides is 2. The third-order valence-electron chi connectivity index (χ3n) is 3.50. The van der Waals surface area contributed by atoms with E-state index in [1.807, 2.05) is 32.0 Å². The maximum absolute atomic E-state index is 12.6. The zero-order valence-corrected chi connectivity index (χ0v) is 13.4. The summed E-state index contributed by atoms with van der Waals surface area (Å²) < 4.78 is 0.915. The summed E-state index contributed by atoms with van der Waals surface area (Å²) in [7, 11) is 0. The maximum atomic E-state index is 12.6. The molecule has 0 saturated carbocycles. The van der Waals surface area contributed by atoms with Crippen molar-refractivity contribution >= 4 is 33.4 Å². The van der Waals surface area contributed by atoms with Crippen molar-refractivity contribution in [3.05, 3.63) is 28.2 Å². The van der Waals surface area contributed by atoms with Crippen molar-refractivity contribution in [3.8, 4) is 0 Å². The summed E-state index contributed by atoms with van der Waals surface area (Å²) in [6, 6.07) is 5.41. The molecule has 108 valence electrons. The minimum Gasteiger partial charge on any atom is -0.344 e. The zero-order chi connectivity index (χ0) is 14.7. The van der Waals surface area contributed by atoms with Gasteiger partial charge in [0.2, 0.25) is 11.8 Å². The first-order valence-electron chi connectivity index (χ1n) is 6.90. The minimum atomic E-state index is -0.414. The summed E-state index contributed by atoms with van der Waals surface area (Å²) in [5, 5.41) is 2.82. The van der Waals surface area contributed by atoms with E-state index >= 15 is 0 Å². The van der Waals surface area contributed by atoms with Gasteiger partial charge < -0.3 is 10.2 Å². The molecular weight excluding hydrogens is 320 g/mol. The largest absolute Gasteiger partial charge is 0.344 e. The Morgan fingerprint density at radius 3 is 2.85 bits per heavy atom. The summed E-state index contributed by atoms with van der Waals surface area (Å²) in [5.74, 6) is -0.0768. The van der Waals surface area contributed by atoms with Gasteiger partial charge in [0.1, 0.15) is 6.04 Å². The molecule has 0 bridgehead atoms. The number of carbonyl (C=O) groups excluding carboxylic acids is 2. The summed E-state index contributed by atoms with van der Waals surface area (Å²) in [4.78, 5) is 26.1. The van der Waals surface area contributed by atoms with Crippen molar-refractivity contribution in [2.24, 2.45) is 0 Å². The predicted molar refractivity (Wildman–Crippen MR) is 82.7 cm³/mol. The Morgan fingerprint density at radius 2 is 2.15 bits per heavy atom. The summed E-state index contributed by atoms with van der Waals surface area (Å²) in [6.07, 6.45) is 1.87. The Balaban J connectivity index is 2.36. The Hall–Kier alpha value is -1.36. The van der Waals surface area contributed by atoms with Crippen LogP contribution in [0.1, 0.15) is 31.7 Å². The van der Waals surface area contributed by atoms with Crippen LogP contribution in [0.2, 0.25) is 0 Å². The molecule has 5 heteroatoms. The predicted octanol–water partition coefficient (Wildman–Crippen LogP) is 2.78. The first-order valence-corrected chi connectivity index (χ1v) is 7.69. The van der Waals surface area contributed by atoms with Crippen molar-refractivity contribution in [1.82, 2.24) is 5.32 Å². The van der Waals surface area contributed by atoms with E-state index in [0.717, 1.165) is 22.1 Å². The molecule has 0 aliphatic carbocycles. The number of rotatable bonds is 3. The molecule has 1 fully saturated rings. The highest BCUT2D eigenvalue weighted by atomic mass is 79.9. The van der Waals surface area contributed by atoms with Crippen LogP contribution in [0.5, 0.6) is 0 Å². The van der Waals surface area contributed by atoms with Gasteiger partial charge in [-0.2, -0.15) is 0 Å². The molecule has 1 unspecified atom stereocenters. The molecule has 2 amide bonds. The van der Waals surface area contributed by atoms with E-state index in [2.05, 4.69) is 21.2 Å². The highest BCUT2D eigenvalue weighted by Gasteiger charge is 2.30. The van der Waals surface area contributed by atoms with E-state index in [1.54, 1.807) is 4.90 Å². The average Bonchev–Trinajstić information content (AvgIpc) is 2.55. The molecule has 1 aliphatic rings. The fourth-order valence-corrected chi connectivity index (χ4v) is 2.88. The van der Waals surface area contributed by atoms with Gasteiger partial charge >= 0.3 is 0 Å². The van der Waals surface area contributed by atoms with Crippen molar-refractivity contribution in [2.45, 2.75) is 39.2 Å². The number of aryl methyl sites for hydroxylation is 1. The van der Waals surface area contributed by atoms with Crippen LogP contribution in [0, 0.1) is 6.92 Å². The van der Waals surface area contributed by atoms with Gasteiger partial charge in [0.05, 0.1) is 5.69 Å². The molecule has 1 aliphatic heterocycles. The third-order valence-corrected chi connectivity index (χ3v) is 4.53. The van der Waals surface area contributed by atoms with E-state index in [4.69, 9.17) is 0 Å². The Bertz CT molecular complexity index is 531. The molecule has 4 nitrogen and oxygen atoms in total. The van der Waals surface area contributed by atoms with E-state index < -0.39 is 6.04 Å². The Labute approximate surface area is 127 Å². The van der Waals surface area contributed by atoms with Crippen LogP contribution in [-0.2, 0) is 9.59 Å². The van der Waals surface area contributed by atoms with Crippen LogP contribution in [-0.4, -0.2) is 24.4 Å². The molecule has 20 heavy (non-hydrogen) atoms. The molecule has 1 N–H and O–H groups in total. The van der Waals surface area contributed by atoms with Gasteiger partial charge in [-0.15, -0.1) is 0 Å². The zero-order valence-electron chi connectivity index (χ0n) is 11.8. The van der Waals surface area contributed by atoms with Crippen molar-refractivity contribution < 1.29 is 9.59 Å². The van der Waals surface area contributed by atoms with Crippen LogP contribution in [0.25, 0.3) is 0 Å². The number of nitrogens with one attached hydrogen (secondary N) is 1. The average molecular weight is 339 g/mol. The van der Waals surface area contributed by atoms with Gasteiger partial charge in [0.15, 0.2) is 0 Å². The molecule has 1 atom stereocenters. The standard InChI is InChI=1S/C15H19BrN2O2/c1-3-5-11-15(20)18(9-8-13(19)17-11)12-7-4-6-10(2)14(12)16/h4,6-7,11H,3,5,8-9H2,1-2H3,(H,17,19). The second-order valence-corrected chi connectivity index (χ2v) is 5.85. The van der Waals surface area contributed by atoms with Crippen molar-refractivity contribution in [2.75, 3.05) is 11.4 Å². The fraction of sp³-hybridized carbons (Fsp3) is 0.467. The monoisotopic (exact) mass is 338 g/mol. The first kappa shape index (κ1) is 15.0. The number of nitrogens with zero attached hydrogens (tertiary/aromatic N) is 1. The fourth-order valence-electron chi connectivity index (χ4n) is 2.40. The Morgan fingerprint density at radius 1 is 1.40 bits per heavy atom. The van der Waals surface area contributed by atoms with Crippen molar-refractivity contribution in [1.29, 1.82) is 0 Å². The van der Waals surface area contributed by atoms with Gasteiger partial charge in [-0.3, -0.25) is 9.59 Å². The van der Waals surface area contributed by atoms with Gasteiger partial charge in [0.25, 0.3) is 0 Å². The van der Waals surface area contributed by atoms with E-state index in [1.165, 1.54) is 0 Å². The number of benzene rings is 1. The third kappa shape index (κ3) is 3.03. The second-order valence-electron chi connectivity index (χ2n) is 5.06. The first-order chi connectivity index (χ1) is 9.54. The lowest BCUT2D eigenvalue weighted by Gasteiger charge is -2.25. The van der Waals surface area contributed by atoms with Crippen LogP contribution in [0.15, 0.2) is 22.7 Å². The minimum absolute atomic E-state index is 0.0241. The number of hydrogen-bond acceptors (Lipinski definition) is 2. The van der Waals surface area contributed by atoms with E-state index in [-0.39, 0.29) is 11.8 Å². The molecule has 2 rings (SSSR count). The topological polar surface area (TPSA) is 49.4 Å². The van der Waals surface area contributed by atoms with Gasteiger partial charge in [0, 0.05) is 17.4 Å². The van der Waals surface area contributed by atoms with Gasteiger partial charge in [-0.1, -0.05) is 25.5 Å². The lowest BCUT2D eigenvalue weighted by Crippen LogP contribution is -2.44. The van der Waals surface area contributed by atoms with E-state index in [0.29, 0.717) is 19.4 Å². The molecule has 0 radical (unpaired) electrons. The molecule has 0 spiro atoms. The highest BCUT2D eigenvalue weighted by Crippen LogP contribution is 2.30. The van der Waals surface area contributed by atoms with Gasteiger partial charge in [-0.05, 0) is 40.9 Å². The number of anilines is 1. The molecular formula is C15H19BrN2O2. The molecule has 1 saturated heterocycles. The summed E-state index contributed by atoms with van der Waals surface area (Å²) in [6.45, 7) is 4.42. The van der Waals surface area contributed by atoms with Crippen LogP contribution < -0.4 is 10.2 Å². The Kier molecular flexibility index (Phi) is 4.81. The molecule has 1 heterocycles. The number of halogens is 1.